The molecule has 0 aromatic carbocycles. The van der Waals surface area contributed by atoms with Crippen molar-refractivity contribution in [1.29, 1.82) is 0 Å². The summed E-state index contributed by atoms with van der Waals surface area (Å²) >= 11 is 0. The third-order valence-corrected chi connectivity index (χ3v) is 0.792. The lowest BCUT2D eigenvalue weighted by atomic mass is 10.5. The molecule has 0 aliphatic heterocycles. The zero-order chi connectivity index (χ0) is 6.53. The molecule has 1 rings (SSSR count). The van der Waals surface area contributed by atoms with E-state index in [2.05, 4.69) is 15.2 Å². The molecule has 1 aromatic heterocycles. The maximum Gasteiger partial charge on any atom is 0.0864 e. The molecule has 0 aliphatic carbocycles. The molecular formula is C5H6N4. The molecule has 0 atom stereocenters. The fraction of sp³-hybridized carbons (Fsp3) is 0. The van der Waals surface area contributed by atoms with E-state index in [4.69, 9.17) is 5.73 Å². The molecule has 46 valence electrons. The molecule has 0 unspecified atom stereocenters. The Kier molecular flexibility index (Phi) is 1.74. The maximum absolute atomic E-state index is 5.02. The first-order valence-corrected chi connectivity index (χ1v) is 2.44. The zero-order valence-corrected chi connectivity index (χ0v) is 4.73. The van der Waals surface area contributed by atoms with E-state index in [0.29, 0.717) is 5.69 Å². The summed E-state index contributed by atoms with van der Waals surface area (Å²) in [4.78, 5) is 3.76. The fourth-order valence-corrected chi connectivity index (χ4v) is 0.446. The Hall–Kier alpha value is -1.45. The Labute approximate surface area is 52.4 Å². The molecular weight excluding hydrogens is 116 g/mol. The summed E-state index contributed by atoms with van der Waals surface area (Å²) in [6.07, 6.45) is 4.31. The van der Waals surface area contributed by atoms with Gasteiger partial charge >= 0.3 is 0 Å². The Morgan fingerprint density at radius 2 is 2.44 bits per heavy atom. The van der Waals surface area contributed by atoms with Gasteiger partial charge in [0.1, 0.15) is 0 Å². The Bertz CT molecular complexity index is 193. The van der Waals surface area contributed by atoms with Gasteiger partial charge in [0.15, 0.2) is 0 Å². The molecule has 0 fully saturated rings. The summed E-state index contributed by atoms with van der Waals surface area (Å²) in [6.45, 7) is 0. The summed E-state index contributed by atoms with van der Waals surface area (Å²) in [5.41, 5.74) is 5.74. The highest BCUT2D eigenvalue weighted by atomic mass is 15.1. The summed E-state index contributed by atoms with van der Waals surface area (Å²) < 4.78 is 0. The van der Waals surface area contributed by atoms with Crippen LogP contribution in [0, 0.1) is 0 Å². The molecule has 2 N–H and O–H groups in total. The minimum Gasteiger partial charge on any atom is -0.390 e. The van der Waals surface area contributed by atoms with E-state index in [1.165, 1.54) is 12.5 Å². The van der Waals surface area contributed by atoms with Crippen LogP contribution in [0.15, 0.2) is 23.5 Å². The second kappa shape index (κ2) is 2.76. The second-order valence-electron chi connectivity index (χ2n) is 1.38. The van der Waals surface area contributed by atoms with Crippen molar-refractivity contribution >= 4 is 12.0 Å². The lowest BCUT2D eigenvalue weighted by Gasteiger charge is -1.84. The highest BCUT2D eigenvalue weighted by Gasteiger charge is 1.81. The highest BCUT2D eigenvalue weighted by Crippen LogP contribution is 2.03. The van der Waals surface area contributed by atoms with Crippen LogP contribution in [-0.2, 0) is 0 Å². The third kappa shape index (κ3) is 1.49. The SMILES string of the molecule is NC=Nc1ccnnc1. The third-order valence-electron chi connectivity index (χ3n) is 0.792. The maximum atomic E-state index is 5.02. The van der Waals surface area contributed by atoms with Crippen LogP contribution in [0.25, 0.3) is 0 Å². The molecule has 0 aliphatic rings. The van der Waals surface area contributed by atoms with Crippen molar-refractivity contribution in [3.05, 3.63) is 18.5 Å². The van der Waals surface area contributed by atoms with Crippen LogP contribution in [-0.4, -0.2) is 16.5 Å². The molecule has 4 heteroatoms. The van der Waals surface area contributed by atoms with Gasteiger partial charge in [-0.1, -0.05) is 0 Å². The topological polar surface area (TPSA) is 64.2 Å². The molecule has 4 nitrogen and oxygen atoms in total. The fourth-order valence-electron chi connectivity index (χ4n) is 0.446. The van der Waals surface area contributed by atoms with E-state index in [1.54, 1.807) is 12.3 Å². The van der Waals surface area contributed by atoms with Crippen LogP contribution < -0.4 is 5.73 Å². The number of nitrogens with zero attached hydrogens (tertiary/aromatic N) is 3. The molecule has 0 bridgehead atoms. The van der Waals surface area contributed by atoms with Gasteiger partial charge in [-0.3, -0.25) is 0 Å². The molecule has 9 heavy (non-hydrogen) atoms. The average Bonchev–Trinajstić information content (AvgIpc) is 1.91. The average molecular weight is 122 g/mol. The summed E-state index contributed by atoms with van der Waals surface area (Å²) in [7, 11) is 0. The lowest BCUT2D eigenvalue weighted by Crippen LogP contribution is -1.86. The first kappa shape index (κ1) is 5.68. The predicted octanol–water partition coefficient (Wildman–Crippen LogP) is 0.0951. The summed E-state index contributed by atoms with van der Waals surface area (Å²) in [5.74, 6) is 0. The normalized spacial score (nSPS) is 10.2. The number of aromatic nitrogens is 2. The summed E-state index contributed by atoms with van der Waals surface area (Å²) in [5, 5.41) is 7.15. The Morgan fingerprint density at radius 1 is 1.56 bits per heavy atom. The first-order chi connectivity index (χ1) is 4.43. The number of nitrogens with two attached hydrogens (primary N) is 1. The van der Waals surface area contributed by atoms with E-state index in [-0.39, 0.29) is 0 Å². The molecule has 0 saturated carbocycles. The van der Waals surface area contributed by atoms with Gasteiger partial charge in [0.05, 0.1) is 24.4 Å². The first-order valence-electron chi connectivity index (χ1n) is 2.44. The van der Waals surface area contributed by atoms with Crippen molar-refractivity contribution in [2.45, 2.75) is 0 Å². The number of rotatable bonds is 1. The molecule has 1 heterocycles. The van der Waals surface area contributed by atoms with Crippen LogP contribution in [0.4, 0.5) is 5.69 Å². The lowest BCUT2D eigenvalue weighted by molar-refractivity contribution is 1.03. The van der Waals surface area contributed by atoms with Gasteiger partial charge in [-0.15, -0.1) is 0 Å². The predicted molar refractivity (Wildman–Crippen MR) is 34.4 cm³/mol. The van der Waals surface area contributed by atoms with Crippen molar-refractivity contribution in [2.24, 2.45) is 10.7 Å². The van der Waals surface area contributed by atoms with E-state index < -0.39 is 0 Å². The number of hydrogen-bond acceptors (Lipinski definition) is 3. The van der Waals surface area contributed by atoms with Crippen molar-refractivity contribution in [3.63, 3.8) is 0 Å². The van der Waals surface area contributed by atoms with Gasteiger partial charge < -0.3 is 5.73 Å². The van der Waals surface area contributed by atoms with Crippen molar-refractivity contribution in [3.8, 4) is 0 Å². The highest BCUT2D eigenvalue weighted by molar-refractivity contribution is 5.57. The van der Waals surface area contributed by atoms with E-state index in [9.17, 15) is 0 Å². The van der Waals surface area contributed by atoms with Crippen molar-refractivity contribution in [2.75, 3.05) is 0 Å². The minimum absolute atomic E-state index is 0.715. The smallest absolute Gasteiger partial charge is 0.0864 e. The molecule has 0 spiro atoms. The standard InChI is InChI=1S/C5H6N4/c6-4-7-5-1-2-8-9-3-5/h1-4H,(H2,6,7,8). The zero-order valence-electron chi connectivity index (χ0n) is 4.73. The number of aliphatic imine (C=N–C) groups is 1. The Morgan fingerprint density at radius 3 is 3.00 bits per heavy atom. The van der Waals surface area contributed by atoms with Gasteiger partial charge in [0, 0.05) is 0 Å². The Balaban J connectivity index is 2.85. The van der Waals surface area contributed by atoms with E-state index in [1.807, 2.05) is 0 Å². The van der Waals surface area contributed by atoms with Crippen LogP contribution in [0.1, 0.15) is 0 Å². The monoisotopic (exact) mass is 122 g/mol. The van der Waals surface area contributed by atoms with E-state index in [0.717, 1.165) is 0 Å². The van der Waals surface area contributed by atoms with Crippen molar-refractivity contribution in [1.82, 2.24) is 10.2 Å². The van der Waals surface area contributed by atoms with Gasteiger partial charge in [0.25, 0.3) is 0 Å². The van der Waals surface area contributed by atoms with Crippen LogP contribution in [0.2, 0.25) is 0 Å². The molecule has 0 amide bonds. The van der Waals surface area contributed by atoms with E-state index >= 15 is 0 Å². The summed E-state index contributed by atoms with van der Waals surface area (Å²) in [6, 6.07) is 1.72. The van der Waals surface area contributed by atoms with Gasteiger partial charge in [0.2, 0.25) is 0 Å². The van der Waals surface area contributed by atoms with Crippen LogP contribution >= 0.6 is 0 Å². The van der Waals surface area contributed by atoms with Gasteiger partial charge in [-0.25, -0.2) is 4.99 Å². The van der Waals surface area contributed by atoms with Crippen molar-refractivity contribution < 1.29 is 0 Å². The largest absolute Gasteiger partial charge is 0.390 e. The van der Waals surface area contributed by atoms with Gasteiger partial charge in [-0.2, -0.15) is 10.2 Å². The van der Waals surface area contributed by atoms with Gasteiger partial charge in [-0.05, 0) is 6.07 Å². The second-order valence-corrected chi connectivity index (χ2v) is 1.38. The van der Waals surface area contributed by atoms with Crippen LogP contribution in [0.3, 0.4) is 0 Å². The quantitative estimate of drug-likeness (QED) is 0.424. The minimum atomic E-state index is 0.715. The number of hydrogen-bond donors (Lipinski definition) is 1. The van der Waals surface area contributed by atoms with Crippen LogP contribution in [0.5, 0.6) is 0 Å². The molecule has 0 radical (unpaired) electrons. The molecule has 1 aromatic rings. The molecule has 0 saturated heterocycles.